The summed E-state index contributed by atoms with van der Waals surface area (Å²) in [4.78, 5) is 4.21. The Labute approximate surface area is 120 Å². The van der Waals surface area contributed by atoms with Gasteiger partial charge in [-0.3, -0.25) is 0 Å². The number of nitrogens with zero attached hydrogens (tertiary/aromatic N) is 1. The van der Waals surface area contributed by atoms with Gasteiger partial charge in [0.05, 0.1) is 0 Å². The number of ether oxygens (including phenoxy) is 1. The van der Waals surface area contributed by atoms with Gasteiger partial charge in [-0.15, -0.1) is 0 Å². The molecule has 0 aliphatic heterocycles. The summed E-state index contributed by atoms with van der Waals surface area (Å²) in [7, 11) is 0. The molecule has 3 heteroatoms. The highest BCUT2D eigenvalue weighted by atomic mass is 16.5. The number of benzene rings is 1. The normalized spacial score (nSPS) is 12.2. The van der Waals surface area contributed by atoms with Crippen molar-refractivity contribution in [2.75, 3.05) is 0 Å². The van der Waals surface area contributed by atoms with Gasteiger partial charge in [-0.2, -0.15) is 0 Å². The molecule has 1 aromatic heterocycles. The van der Waals surface area contributed by atoms with Crippen molar-refractivity contribution < 1.29 is 4.74 Å². The lowest BCUT2D eigenvalue weighted by Crippen LogP contribution is -2.05. The molecule has 3 nitrogen and oxygen atoms in total. The summed E-state index contributed by atoms with van der Waals surface area (Å²) in [5.74, 6) is 1.39. The Morgan fingerprint density at radius 1 is 1.20 bits per heavy atom. The van der Waals surface area contributed by atoms with Gasteiger partial charge in [0.1, 0.15) is 5.75 Å². The largest absolute Gasteiger partial charge is 0.439 e. The summed E-state index contributed by atoms with van der Waals surface area (Å²) in [6, 6.07) is 12.0. The first kappa shape index (κ1) is 14.5. The van der Waals surface area contributed by atoms with Gasteiger partial charge in [0.15, 0.2) is 0 Å². The zero-order valence-corrected chi connectivity index (χ0v) is 12.2. The van der Waals surface area contributed by atoms with Crippen LogP contribution < -0.4 is 10.5 Å². The molecule has 0 aliphatic carbocycles. The number of pyridine rings is 1. The SMILES string of the molecule is CCCCc1ccc(Oc2cc([C@H](C)N)ccn2)cc1. The molecule has 1 heterocycles. The Kier molecular flexibility index (Phi) is 5.13. The third kappa shape index (κ3) is 4.07. The first-order chi connectivity index (χ1) is 9.69. The van der Waals surface area contributed by atoms with E-state index in [9.17, 15) is 0 Å². The smallest absolute Gasteiger partial charge is 0.219 e. The van der Waals surface area contributed by atoms with Gasteiger partial charge in [-0.1, -0.05) is 25.5 Å². The van der Waals surface area contributed by atoms with Gasteiger partial charge in [0, 0.05) is 18.3 Å². The van der Waals surface area contributed by atoms with Crippen molar-refractivity contribution in [2.45, 2.75) is 39.2 Å². The van der Waals surface area contributed by atoms with Crippen LogP contribution in [-0.4, -0.2) is 4.98 Å². The van der Waals surface area contributed by atoms with Gasteiger partial charge >= 0.3 is 0 Å². The third-order valence-corrected chi connectivity index (χ3v) is 3.25. The molecule has 0 spiro atoms. The number of hydrogen-bond donors (Lipinski definition) is 1. The number of rotatable bonds is 6. The summed E-state index contributed by atoms with van der Waals surface area (Å²) in [5, 5.41) is 0. The van der Waals surface area contributed by atoms with Gasteiger partial charge in [0.25, 0.3) is 0 Å². The van der Waals surface area contributed by atoms with Crippen molar-refractivity contribution in [3.8, 4) is 11.6 Å². The van der Waals surface area contributed by atoms with Gasteiger partial charge in [0.2, 0.25) is 5.88 Å². The van der Waals surface area contributed by atoms with E-state index in [-0.39, 0.29) is 6.04 Å². The Balaban J connectivity index is 2.04. The van der Waals surface area contributed by atoms with E-state index < -0.39 is 0 Å². The number of aryl methyl sites for hydroxylation is 1. The quantitative estimate of drug-likeness (QED) is 0.854. The Bertz CT molecular complexity index is 535. The second-order valence-electron chi connectivity index (χ2n) is 5.07. The molecular formula is C17H22N2O. The molecule has 20 heavy (non-hydrogen) atoms. The fourth-order valence-electron chi connectivity index (χ4n) is 1.99. The summed E-state index contributed by atoms with van der Waals surface area (Å²) in [5.41, 5.74) is 8.23. The maximum absolute atomic E-state index is 5.86. The number of unbranched alkanes of at least 4 members (excludes halogenated alkanes) is 1. The van der Waals surface area contributed by atoms with Crippen LogP contribution in [0.2, 0.25) is 0 Å². The molecule has 0 amide bonds. The summed E-state index contributed by atoms with van der Waals surface area (Å²) in [6.45, 7) is 4.15. The summed E-state index contributed by atoms with van der Waals surface area (Å²) < 4.78 is 5.76. The summed E-state index contributed by atoms with van der Waals surface area (Å²) >= 11 is 0. The molecule has 1 atom stereocenters. The van der Waals surface area contributed by atoms with E-state index in [1.165, 1.54) is 18.4 Å². The molecule has 0 unspecified atom stereocenters. The lowest BCUT2D eigenvalue weighted by molar-refractivity contribution is 0.461. The third-order valence-electron chi connectivity index (χ3n) is 3.25. The number of nitrogens with two attached hydrogens (primary N) is 1. The molecule has 2 rings (SSSR count). The van der Waals surface area contributed by atoms with Crippen LogP contribution in [0, 0.1) is 0 Å². The van der Waals surface area contributed by atoms with Gasteiger partial charge in [-0.05, 0) is 49.1 Å². The van der Waals surface area contributed by atoms with Crippen LogP contribution in [0.5, 0.6) is 11.6 Å². The minimum atomic E-state index is -0.0169. The van der Waals surface area contributed by atoms with Crippen LogP contribution in [0.1, 0.15) is 43.9 Å². The fourth-order valence-corrected chi connectivity index (χ4v) is 1.99. The van der Waals surface area contributed by atoms with Crippen molar-refractivity contribution in [1.29, 1.82) is 0 Å². The van der Waals surface area contributed by atoms with E-state index in [0.717, 1.165) is 17.7 Å². The lowest BCUT2D eigenvalue weighted by Gasteiger charge is -2.09. The minimum Gasteiger partial charge on any atom is -0.439 e. The zero-order chi connectivity index (χ0) is 14.4. The first-order valence-electron chi connectivity index (χ1n) is 7.17. The molecule has 0 saturated heterocycles. The summed E-state index contributed by atoms with van der Waals surface area (Å²) in [6.07, 6.45) is 5.28. The monoisotopic (exact) mass is 270 g/mol. The molecule has 0 radical (unpaired) electrons. The highest BCUT2D eigenvalue weighted by Crippen LogP contribution is 2.22. The highest BCUT2D eigenvalue weighted by Gasteiger charge is 2.03. The molecule has 2 aromatic rings. The van der Waals surface area contributed by atoms with E-state index in [1.54, 1.807) is 6.20 Å². The van der Waals surface area contributed by atoms with Gasteiger partial charge < -0.3 is 10.5 Å². The Morgan fingerprint density at radius 2 is 1.95 bits per heavy atom. The molecule has 0 bridgehead atoms. The maximum Gasteiger partial charge on any atom is 0.219 e. The molecule has 106 valence electrons. The second-order valence-corrected chi connectivity index (χ2v) is 5.07. The highest BCUT2D eigenvalue weighted by molar-refractivity contribution is 5.32. The molecular weight excluding hydrogens is 248 g/mol. The van der Waals surface area contributed by atoms with Crippen LogP contribution in [-0.2, 0) is 6.42 Å². The molecule has 0 saturated carbocycles. The second kappa shape index (κ2) is 7.06. The van der Waals surface area contributed by atoms with Crippen LogP contribution in [0.3, 0.4) is 0 Å². The van der Waals surface area contributed by atoms with Crippen LogP contribution >= 0.6 is 0 Å². The topological polar surface area (TPSA) is 48.1 Å². The van der Waals surface area contributed by atoms with E-state index in [4.69, 9.17) is 10.5 Å². The zero-order valence-electron chi connectivity index (χ0n) is 12.2. The standard InChI is InChI=1S/C17H22N2O/c1-3-4-5-14-6-8-16(9-7-14)20-17-12-15(13(2)18)10-11-19-17/h6-13H,3-5,18H2,1-2H3/t13-/m0/s1. The van der Waals surface area contributed by atoms with E-state index >= 15 is 0 Å². The van der Waals surface area contributed by atoms with Gasteiger partial charge in [-0.25, -0.2) is 4.98 Å². The van der Waals surface area contributed by atoms with Crippen LogP contribution in [0.25, 0.3) is 0 Å². The predicted molar refractivity (Wildman–Crippen MR) is 82.0 cm³/mol. The predicted octanol–water partition coefficient (Wildman–Crippen LogP) is 4.24. The fraction of sp³-hybridized carbons (Fsp3) is 0.353. The first-order valence-corrected chi connectivity index (χ1v) is 7.17. The van der Waals surface area contributed by atoms with Crippen molar-refractivity contribution in [3.63, 3.8) is 0 Å². The Morgan fingerprint density at radius 3 is 2.60 bits per heavy atom. The van der Waals surface area contributed by atoms with E-state index in [0.29, 0.717) is 5.88 Å². The van der Waals surface area contributed by atoms with Crippen LogP contribution in [0.15, 0.2) is 42.6 Å². The molecule has 0 aliphatic rings. The number of aromatic nitrogens is 1. The van der Waals surface area contributed by atoms with Crippen molar-refractivity contribution in [3.05, 3.63) is 53.7 Å². The average molecular weight is 270 g/mol. The minimum absolute atomic E-state index is 0.0169. The average Bonchev–Trinajstić information content (AvgIpc) is 2.47. The van der Waals surface area contributed by atoms with Crippen molar-refractivity contribution >= 4 is 0 Å². The van der Waals surface area contributed by atoms with E-state index in [1.807, 2.05) is 31.2 Å². The Hall–Kier alpha value is -1.87. The number of hydrogen-bond acceptors (Lipinski definition) is 3. The molecule has 0 fully saturated rings. The van der Waals surface area contributed by atoms with E-state index in [2.05, 4.69) is 24.0 Å². The maximum atomic E-state index is 5.86. The molecule has 2 N–H and O–H groups in total. The van der Waals surface area contributed by atoms with Crippen LogP contribution in [0.4, 0.5) is 0 Å². The lowest BCUT2D eigenvalue weighted by atomic mass is 10.1. The van der Waals surface area contributed by atoms with Crippen molar-refractivity contribution in [1.82, 2.24) is 4.98 Å². The molecule has 1 aromatic carbocycles. The van der Waals surface area contributed by atoms with Crippen molar-refractivity contribution in [2.24, 2.45) is 5.73 Å².